The van der Waals surface area contributed by atoms with E-state index in [-0.39, 0.29) is 22.3 Å². The van der Waals surface area contributed by atoms with Crippen LogP contribution in [0.2, 0.25) is 0 Å². The first-order chi connectivity index (χ1) is 14.4. The van der Waals surface area contributed by atoms with Gasteiger partial charge in [0.05, 0.1) is 9.79 Å². The lowest BCUT2D eigenvalue weighted by Gasteiger charge is -2.31. The fourth-order valence-corrected chi connectivity index (χ4v) is 6.75. The van der Waals surface area contributed by atoms with Crippen LogP contribution in [-0.4, -0.2) is 45.2 Å². The second-order valence-corrected chi connectivity index (χ2v) is 12.0. The average Bonchev–Trinajstić information content (AvgIpc) is 3.06. The predicted octanol–water partition coefficient (Wildman–Crippen LogP) is 3.70. The first-order valence-corrected chi connectivity index (χ1v) is 12.7. The lowest BCUT2D eigenvalue weighted by molar-refractivity contribution is 0.276. The highest BCUT2D eigenvalue weighted by Crippen LogP contribution is 2.39. The molecular formula is C23H28N2O4S2. The second-order valence-electron chi connectivity index (χ2n) is 8.07. The molecule has 6 nitrogen and oxygen atoms in total. The van der Waals surface area contributed by atoms with Crippen molar-refractivity contribution in [2.24, 2.45) is 5.92 Å². The Morgan fingerprint density at radius 1 is 0.935 bits per heavy atom. The number of hydrogen-bond acceptors (Lipinski definition) is 4. The molecule has 8 heteroatoms. The third-order valence-corrected chi connectivity index (χ3v) is 9.34. The minimum absolute atomic E-state index is 0.0861. The van der Waals surface area contributed by atoms with Gasteiger partial charge in [-0.2, -0.15) is 8.61 Å². The normalized spacial score (nSPS) is 20.4. The standard InChI is InChI=1S/C23H28N2O4S2/c1-16(2)22-15-25(31(28,29)21-13-9-18(4)10-14-21)23(19(22)5)24(6)30(26,27)20-11-7-17(3)8-12-20/h7-14,22-23H,1,5,15H2,2-4,6H3/t22-,23+/m0/s1. The Bertz CT molecular complexity index is 1220. The van der Waals surface area contributed by atoms with E-state index in [1.54, 1.807) is 31.2 Å². The molecule has 1 fully saturated rings. The van der Waals surface area contributed by atoms with Gasteiger partial charge in [-0.05, 0) is 50.6 Å². The molecule has 166 valence electrons. The summed E-state index contributed by atoms with van der Waals surface area (Å²) < 4.78 is 56.0. The quantitative estimate of drug-likeness (QED) is 0.616. The zero-order valence-corrected chi connectivity index (χ0v) is 19.9. The van der Waals surface area contributed by atoms with Crippen LogP contribution in [0.25, 0.3) is 0 Å². The first-order valence-electron chi connectivity index (χ1n) is 9.84. The van der Waals surface area contributed by atoms with Crippen molar-refractivity contribution in [3.05, 3.63) is 84.0 Å². The summed E-state index contributed by atoms with van der Waals surface area (Å²) in [5.74, 6) is -0.346. The smallest absolute Gasteiger partial charge is 0.207 e. The second kappa shape index (κ2) is 8.35. The highest BCUT2D eigenvalue weighted by atomic mass is 32.2. The van der Waals surface area contributed by atoms with E-state index in [9.17, 15) is 16.8 Å². The minimum Gasteiger partial charge on any atom is -0.207 e. The van der Waals surface area contributed by atoms with Crippen LogP contribution >= 0.6 is 0 Å². The summed E-state index contributed by atoms with van der Waals surface area (Å²) in [6.07, 6.45) is -1.06. The summed E-state index contributed by atoms with van der Waals surface area (Å²) in [5, 5.41) is 0. The zero-order chi connectivity index (χ0) is 23.1. The topological polar surface area (TPSA) is 74.8 Å². The SMILES string of the molecule is C=C(C)[C@@H]1CN(S(=O)(=O)c2ccc(C)cc2)[C@@H](N(C)S(=O)(=O)c2ccc(C)cc2)C1=C. The number of benzene rings is 2. The lowest BCUT2D eigenvalue weighted by Crippen LogP contribution is -2.48. The summed E-state index contributed by atoms with van der Waals surface area (Å²) in [4.78, 5) is 0.208. The molecule has 1 aliphatic heterocycles. The first kappa shape index (κ1) is 23.4. The molecule has 0 amide bonds. The number of rotatable bonds is 6. The summed E-state index contributed by atoms with van der Waals surface area (Å²) in [5.41, 5.74) is 3.08. The minimum atomic E-state index is -3.97. The monoisotopic (exact) mass is 460 g/mol. The van der Waals surface area contributed by atoms with Gasteiger partial charge >= 0.3 is 0 Å². The molecule has 0 aliphatic carbocycles. The van der Waals surface area contributed by atoms with E-state index >= 15 is 0 Å². The van der Waals surface area contributed by atoms with Crippen molar-refractivity contribution in [1.29, 1.82) is 0 Å². The molecule has 2 atom stereocenters. The van der Waals surface area contributed by atoms with Crippen LogP contribution in [0, 0.1) is 19.8 Å². The van der Waals surface area contributed by atoms with Gasteiger partial charge in [0.15, 0.2) is 0 Å². The average molecular weight is 461 g/mol. The third-order valence-electron chi connectivity index (χ3n) is 5.68. The third kappa shape index (κ3) is 4.25. The van der Waals surface area contributed by atoms with E-state index < -0.39 is 26.2 Å². The van der Waals surface area contributed by atoms with Gasteiger partial charge in [-0.3, -0.25) is 0 Å². The largest absolute Gasteiger partial charge is 0.244 e. The van der Waals surface area contributed by atoms with Gasteiger partial charge in [0.25, 0.3) is 0 Å². The Balaban J connectivity index is 2.09. The van der Waals surface area contributed by atoms with E-state index in [0.29, 0.717) is 5.57 Å². The van der Waals surface area contributed by atoms with Crippen molar-refractivity contribution >= 4 is 20.0 Å². The molecule has 31 heavy (non-hydrogen) atoms. The molecule has 1 aliphatic rings. The molecule has 0 aromatic heterocycles. The molecule has 2 aromatic carbocycles. The van der Waals surface area contributed by atoms with Gasteiger partial charge < -0.3 is 0 Å². The summed E-state index contributed by atoms with van der Waals surface area (Å²) >= 11 is 0. The Hall–Kier alpha value is -2.26. The number of nitrogens with zero attached hydrogens (tertiary/aromatic N) is 2. The molecule has 2 aromatic rings. The number of sulfonamides is 2. The van der Waals surface area contributed by atoms with Crippen molar-refractivity contribution in [1.82, 2.24) is 8.61 Å². The maximum absolute atomic E-state index is 13.5. The molecule has 3 rings (SSSR count). The van der Waals surface area contributed by atoms with E-state index in [1.165, 1.54) is 35.6 Å². The van der Waals surface area contributed by atoms with Gasteiger partial charge in [-0.25, -0.2) is 16.8 Å². The fourth-order valence-electron chi connectivity index (χ4n) is 3.73. The van der Waals surface area contributed by atoms with Crippen LogP contribution in [0.15, 0.2) is 82.6 Å². The molecule has 1 saturated heterocycles. The number of aryl methyl sites for hydroxylation is 2. The van der Waals surface area contributed by atoms with Gasteiger partial charge in [-0.15, -0.1) is 0 Å². The highest BCUT2D eigenvalue weighted by Gasteiger charge is 2.48. The Kier molecular flexibility index (Phi) is 6.30. The van der Waals surface area contributed by atoms with Gasteiger partial charge in [0.2, 0.25) is 20.0 Å². The van der Waals surface area contributed by atoms with Crippen LogP contribution < -0.4 is 0 Å². The van der Waals surface area contributed by atoms with Crippen molar-refractivity contribution in [3.63, 3.8) is 0 Å². The van der Waals surface area contributed by atoms with Crippen LogP contribution in [-0.2, 0) is 20.0 Å². The van der Waals surface area contributed by atoms with Crippen LogP contribution in [0.3, 0.4) is 0 Å². The predicted molar refractivity (Wildman–Crippen MR) is 122 cm³/mol. The molecule has 0 bridgehead atoms. The van der Waals surface area contributed by atoms with Crippen molar-refractivity contribution in [2.45, 2.75) is 36.7 Å². The molecule has 0 unspecified atom stereocenters. The van der Waals surface area contributed by atoms with E-state index in [2.05, 4.69) is 13.2 Å². The molecule has 1 heterocycles. The molecule has 0 spiro atoms. The van der Waals surface area contributed by atoms with Gasteiger partial charge in [0, 0.05) is 19.5 Å². The number of likely N-dealkylation sites (N-methyl/N-ethyl adjacent to an activating group) is 1. The maximum atomic E-state index is 13.5. The van der Waals surface area contributed by atoms with E-state index in [1.807, 2.05) is 13.8 Å². The summed E-state index contributed by atoms with van der Waals surface area (Å²) in [6.45, 7) is 13.7. The summed E-state index contributed by atoms with van der Waals surface area (Å²) in [7, 11) is -6.55. The zero-order valence-electron chi connectivity index (χ0n) is 18.2. The number of hydrogen-bond donors (Lipinski definition) is 0. The van der Waals surface area contributed by atoms with Crippen LogP contribution in [0.1, 0.15) is 18.1 Å². The molecular weight excluding hydrogens is 432 g/mol. The Labute approximate surface area is 185 Å². The van der Waals surface area contributed by atoms with Crippen LogP contribution in [0.5, 0.6) is 0 Å². The fraction of sp³-hybridized carbons (Fsp3) is 0.304. The van der Waals surface area contributed by atoms with Gasteiger partial charge in [0.1, 0.15) is 6.17 Å². The molecule has 0 saturated carbocycles. The van der Waals surface area contributed by atoms with E-state index in [0.717, 1.165) is 21.0 Å². The maximum Gasteiger partial charge on any atom is 0.244 e. The Morgan fingerprint density at radius 3 is 1.84 bits per heavy atom. The van der Waals surface area contributed by atoms with Crippen LogP contribution in [0.4, 0.5) is 0 Å². The molecule has 0 N–H and O–H groups in total. The summed E-state index contributed by atoms with van der Waals surface area (Å²) in [6, 6.07) is 13.0. The van der Waals surface area contributed by atoms with Crippen molar-refractivity contribution < 1.29 is 16.8 Å². The lowest BCUT2D eigenvalue weighted by atomic mass is 9.96. The Morgan fingerprint density at radius 2 is 1.39 bits per heavy atom. The van der Waals surface area contributed by atoms with Crippen molar-refractivity contribution in [3.8, 4) is 0 Å². The van der Waals surface area contributed by atoms with Crippen molar-refractivity contribution in [2.75, 3.05) is 13.6 Å². The van der Waals surface area contributed by atoms with Gasteiger partial charge in [-0.1, -0.05) is 54.1 Å². The van der Waals surface area contributed by atoms with E-state index in [4.69, 9.17) is 0 Å². The highest BCUT2D eigenvalue weighted by molar-refractivity contribution is 7.90. The molecule has 0 radical (unpaired) electrons.